The lowest BCUT2D eigenvalue weighted by Gasteiger charge is -2.25. The van der Waals surface area contributed by atoms with Crippen LogP contribution in [0.25, 0.3) is 0 Å². The Bertz CT molecular complexity index is 370. The van der Waals surface area contributed by atoms with Gasteiger partial charge in [-0.1, -0.05) is 13.8 Å². The van der Waals surface area contributed by atoms with Crippen molar-refractivity contribution in [1.82, 2.24) is 15.6 Å². The smallest absolute Gasteiger partial charge is 0.0676 e. The third-order valence-electron chi connectivity index (χ3n) is 3.22. The zero-order valence-corrected chi connectivity index (χ0v) is 11.7. The van der Waals surface area contributed by atoms with Crippen molar-refractivity contribution in [3.63, 3.8) is 0 Å². The monoisotopic (exact) mass is 252 g/mol. The Morgan fingerprint density at radius 3 is 2.72 bits per heavy atom. The molecule has 1 rings (SSSR count). The van der Waals surface area contributed by atoms with Crippen molar-refractivity contribution in [1.29, 1.82) is 0 Å². The summed E-state index contributed by atoms with van der Waals surface area (Å²) in [5.74, 6) is 6.09. The number of nitrogens with zero attached hydrogens (tertiary/aromatic N) is 2. The predicted octanol–water partition coefficient (Wildman–Crippen LogP) is 1.52. The van der Waals surface area contributed by atoms with Crippen LogP contribution in [0.3, 0.4) is 0 Å². The molecule has 5 nitrogen and oxygen atoms in total. The predicted molar refractivity (Wildman–Crippen MR) is 71.9 cm³/mol. The van der Waals surface area contributed by atoms with E-state index in [1.807, 2.05) is 6.92 Å². The summed E-state index contributed by atoms with van der Waals surface area (Å²) in [6.45, 7) is 6.93. The van der Waals surface area contributed by atoms with E-state index >= 15 is 0 Å². The number of hydrazine groups is 1. The zero-order chi connectivity index (χ0) is 13.5. The van der Waals surface area contributed by atoms with E-state index in [4.69, 9.17) is 10.6 Å². The van der Waals surface area contributed by atoms with Gasteiger partial charge in [-0.15, -0.1) is 0 Å². The number of aryl methyl sites for hydroxylation is 2. The first kappa shape index (κ1) is 15.0. The topological polar surface area (TPSA) is 73.1 Å². The molecule has 0 amide bonds. The van der Waals surface area contributed by atoms with Gasteiger partial charge in [0.25, 0.3) is 0 Å². The first-order valence-electron chi connectivity index (χ1n) is 6.42. The fourth-order valence-electron chi connectivity index (χ4n) is 2.11. The number of hydrogen-bond acceptors (Lipinski definition) is 5. The number of nitrogens with one attached hydrogen (secondary N) is 1. The average molecular weight is 252 g/mol. The number of aromatic nitrogens is 2. The van der Waals surface area contributed by atoms with E-state index in [0.717, 1.165) is 36.4 Å². The number of ether oxygens (including phenoxy) is 1. The molecule has 1 aromatic heterocycles. The molecule has 0 spiro atoms. The largest absolute Gasteiger partial charge is 0.385 e. The van der Waals surface area contributed by atoms with Gasteiger partial charge < -0.3 is 4.74 Å². The minimum Gasteiger partial charge on any atom is -0.385 e. The Balaban J connectivity index is 2.96. The first-order valence-corrected chi connectivity index (χ1v) is 6.42. The average Bonchev–Trinajstić information content (AvgIpc) is 2.37. The lowest BCUT2D eigenvalue weighted by atomic mass is 9.91. The number of methoxy groups -OCH3 is 1. The minimum absolute atomic E-state index is 0.0873. The van der Waals surface area contributed by atoms with E-state index in [1.54, 1.807) is 7.11 Å². The highest BCUT2D eigenvalue weighted by atomic mass is 16.5. The summed E-state index contributed by atoms with van der Waals surface area (Å²) < 4.78 is 5.13. The van der Waals surface area contributed by atoms with Crippen LogP contribution in [0.5, 0.6) is 0 Å². The van der Waals surface area contributed by atoms with Gasteiger partial charge in [-0.25, -0.2) is 0 Å². The fraction of sp³-hybridized carbons (Fsp3) is 0.692. The second-order valence-corrected chi connectivity index (χ2v) is 4.64. The highest BCUT2D eigenvalue weighted by molar-refractivity contribution is 5.25. The summed E-state index contributed by atoms with van der Waals surface area (Å²) in [6, 6.07) is 2.16. The van der Waals surface area contributed by atoms with Crippen molar-refractivity contribution in [3.8, 4) is 0 Å². The van der Waals surface area contributed by atoms with Crippen molar-refractivity contribution in [2.75, 3.05) is 13.7 Å². The normalized spacial score (nSPS) is 14.5. The summed E-state index contributed by atoms with van der Waals surface area (Å²) in [5.41, 5.74) is 5.98. The van der Waals surface area contributed by atoms with Gasteiger partial charge in [-0.2, -0.15) is 10.2 Å². The third kappa shape index (κ3) is 3.73. The minimum atomic E-state index is 0.0873. The molecule has 0 radical (unpaired) electrons. The van der Waals surface area contributed by atoms with Crippen LogP contribution in [0, 0.1) is 12.8 Å². The van der Waals surface area contributed by atoms with Crippen LogP contribution < -0.4 is 11.3 Å². The maximum atomic E-state index is 5.71. The summed E-state index contributed by atoms with van der Waals surface area (Å²) >= 11 is 0. The van der Waals surface area contributed by atoms with Crippen LogP contribution >= 0.6 is 0 Å². The molecule has 0 fully saturated rings. The van der Waals surface area contributed by atoms with E-state index in [2.05, 4.69) is 35.5 Å². The molecule has 0 saturated carbocycles. The number of rotatable bonds is 7. The van der Waals surface area contributed by atoms with Crippen LogP contribution in [0.2, 0.25) is 0 Å². The summed E-state index contributed by atoms with van der Waals surface area (Å²) in [5, 5.41) is 8.36. The van der Waals surface area contributed by atoms with Crippen LogP contribution in [-0.4, -0.2) is 23.9 Å². The van der Waals surface area contributed by atoms with Gasteiger partial charge in [-0.05, 0) is 37.3 Å². The molecule has 102 valence electrons. The quantitative estimate of drug-likeness (QED) is 0.568. The van der Waals surface area contributed by atoms with Crippen molar-refractivity contribution in [2.45, 2.75) is 39.7 Å². The fourth-order valence-corrected chi connectivity index (χ4v) is 2.11. The molecule has 0 aliphatic rings. The molecular formula is C13H24N4O. The third-order valence-corrected chi connectivity index (χ3v) is 3.22. The van der Waals surface area contributed by atoms with E-state index in [1.165, 1.54) is 0 Å². The molecule has 18 heavy (non-hydrogen) atoms. The molecule has 1 aromatic rings. The molecule has 2 atom stereocenters. The Morgan fingerprint density at radius 2 is 2.17 bits per heavy atom. The van der Waals surface area contributed by atoms with Crippen molar-refractivity contribution >= 4 is 0 Å². The Labute approximate surface area is 109 Å². The van der Waals surface area contributed by atoms with Gasteiger partial charge >= 0.3 is 0 Å². The van der Waals surface area contributed by atoms with Crippen molar-refractivity contribution in [2.24, 2.45) is 11.8 Å². The van der Waals surface area contributed by atoms with E-state index in [0.29, 0.717) is 5.92 Å². The maximum Gasteiger partial charge on any atom is 0.0676 e. The maximum absolute atomic E-state index is 5.71. The molecule has 0 saturated heterocycles. The van der Waals surface area contributed by atoms with Crippen LogP contribution in [-0.2, 0) is 11.2 Å². The molecule has 0 aliphatic carbocycles. The lowest BCUT2D eigenvalue weighted by Crippen LogP contribution is -2.34. The Hall–Kier alpha value is -1.04. The van der Waals surface area contributed by atoms with Gasteiger partial charge in [0.2, 0.25) is 0 Å². The summed E-state index contributed by atoms with van der Waals surface area (Å²) in [6.07, 6.45) is 1.81. The molecule has 0 aromatic carbocycles. The Kier molecular flexibility index (Phi) is 6.18. The van der Waals surface area contributed by atoms with E-state index in [9.17, 15) is 0 Å². The van der Waals surface area contributed by atoms with Gasteiger partial charge in [0.15, 0.2) is 0 Å². The molecule has 3 N–H and O–H groups in total. The molecule has 1 heterocycles. The zero-order valence-electron chi connectivity index (χ0n) is 11.7. The molecule has 0 aliphatic heterocycles. The standard InChI is InChI=1S/C13H24N4O/c1-5-12-11(8-10(3)16-17-12)13(15-14)9(2)6-7-18-4/h8-9,13,15H,5-7,14H2,1-4H3. The van der Waals surface area contributed by atoms with E-state index in [-0.39, 0.29) is 6.04 Å². The van der Waals surface area contributed by atoms with Gasteiger partial charge in [0.05, 0.1) is 17.4 Å². The van der Waals surface area contributed by atoms with Gasteiger partial charge in [0.1, 0.15) is 0 Å². The van der Waals surface area contributed by atoms with Crippen molar-refractivity contribution < 1.29 is 4.74 Å². The number of nitrogens with two attached hydrogens (primary N) is 1. The molecular weight excluding hydrogens is 228 g/mol. The first-order chi connectivity index (χ1) is 8.63. The highest BCUT2D eigenvalue weighted by Crippen LogP contribution is 2.26. The molecule has 5 heteroatoms. The second kappa shape index (κ2) is 7.41. The van der Waals surface area contributed by atoms with Crippen LogP contribution in [0.15, 0.2) is 6.07 Å². The SMILES string of the molecule is CCc1nnc(C)cc1C(NN)C(C)CCOC. The summed E-state index contributed by atoms with van der Waals surface area (Å²) in [7, 11) is 1.72. The Morgan fingerprint density at radius 1 is 1.44 bits per heavy atom. The molecule has 0 bridgehead atoms. The molecule has 2 unspecified atom stereocenters. The van der Waals surface area contributed by atoms with Crippen LogP contribution in [0.4, 0.5) is 0 Å². The second-order valence-electron chi connectivity index (χ2n) is 4.64. The van der Waals surface area contributed by atoms with Crippen molar-refractivity contribution in [3.05, 3.63) is 23.0 Å². The summed E-state index contributed by atoms with van der Waals surface area (Å²) in [4.78, 5) is 0. The van der Waals surface area contributed by atoms with Gasteiger partial charge in [-0.3, -0.25) is 11.3 Å². The highest BCUT2D eigenvalue weighted by Gasteiger charge is 2.21. The number of hydrogen-bond donors (Lipinski definition) is 2. The van der Waals surface area contributed by atoms with Gasteiger partial charge in [0, 0.05) is 13.7 Å². The lowest BCUT2D eigenvalue weighted by molar-refractivity contribution is 0.170. The van der Waals surface area contributed by atoms with Crippen LogP contribution in [0.1, 0.15) is 43.3 Å². The van der Waals surface area contributed by atoms with E-state index < -0.39 is 0 Å².